The van der Waals surface area contributed by atoms with E-state index >= 15 is 0 Å². The van der Waals surface area contributed by atoms with Crippen LogP contribution in [-0.2, 0) is 14.8 Å². The third-order valence-electron chi connectivity index (χ3n) is 3.00. The highest BCUT2D eigenvalue weighted by Crippen LogP contribution is 2.25. The number of rotatable bonds is 6. The molecule has 0 bridgehead atoms. The van der Waals surface area contributed by atoms with Gasteiger partial charge in [-0.2, -0.15) is 4.72 Å². The van der Waals surface area contributed by atoms with E-state index in [1.54, 1.807) is 6.92 Å². The fourth-order valence-corrected chi connectivity index (χ4v) is 3.27. The van der Waals surface area contributed by atoms with Gasteiger partial charge in [0.25, 0.3) is 0 Å². The van der Waals surface area contributed by atoms with Gasteiger partial charge in [0.15, 0.2) is 0 Å². The topological polar surface area (TPSA) is 89.3 Å². The van der Waals surface area contributed by atoms with Crippen LogP contribution >= 0.6 is 23.2 Å². The molecule has 0 radical (unpaired) electrons. The van der Waals surface area contributed by atoms with E-state index in [9.17, 15) is 13.2 Å². The molecule has 20 heavy (non-hydrogen) atoms. The van der Waals surface area contributed by atoms with E-state index in [1.165, 1.54) is 18.2 Å². The first-order valence-electron chi connectivity index (χ1n) is 5.95. The molecule has 3 N–H and O–H groups in total. The molecule has 112 valence electrons. The molecule has 1 amide bonds. The van der Waals surface area contributed by atoms with Gasteiger partial charge in [0, 0.05) is 0 Å². The number of halogens is 2. The molecule has 0 aliphatic rings. The fraction of sp³-hybridized carbons (Fsp3) is 0.417. The number of hydrogen-bond donors (Lipinski definition) is 2. The molecule has 0 saturated carbocycles. The van der Waals surface area contributed by atoms with Gasteiger partial charge in [-0.25, -0.2) is 8.42 Å². The lowest BCUT2D eigenvalue weighted by atomic mass is 10.00. The van der Waals surface area contributed by atoms with E-state index in [4.69, 9.17) is 28.9 Å². The van der Waals surface area contributed by atoms with E-state index in [-0.39, 0.29) is 20.9 Å². The Morgan fingerprint density at radius 3 is 2.40 bits per heavy atom. The van der Waals surface area contributed by atoms with Crippen LogP contribution in [0.25, 0.3) is 0 Å². The maximum absolute atomic E-state index is 12.2. The number of primary amides is 1. The van der Waals surface area contributed by atoms with Crippen molar-refractivity contribution < 1.29 is 13.2 Å². The van der Waals surface area contributed by atoms with Crippen molar-refractivity contribution >= 4 is 39.1 Å². The number of carbonyl (C=O) groups is 1. The molecule has 8 heteroatoms. The highest BCUT2D eigenvalue weighted by Gasteiger charge is 2.28. The molecular weight excluding hydrogens is 323 g/mol. The summed E-state index contributed by atoms with van der Waals surface area (Å²) in [7, 11) is -3.89. The Hall–Kier alpha value is -0.820. The third-order valence-corrected chi connectivity index (χ3v) is 5.18. The van der Waals surface area contributed by atoms with Gasteiger partial charge in [-0.3, -0.25) is 4.79 Å². The Kier molecular flexibility index (Phi) is 5.82. The Morgan fingerprint density at radius 2 is 1.95 bits per heavy atom. The zero-order chi connectivity index (χ0) is 15.5. The van der Waals surface area contributed by atoms with E-state index in [1.807, 2.05) is 6.92 Å². The van der Waals surface area contributed by atoms with Gasteiger partial charge in [0.1, 0.15) is 6.04 Å². The predicted molar refractivity (Wildman–Crippen MR) is 79.2 cm³/mol. The summed E-state index contributed by atoms with van der Waals surface area (Å²) >= 11 is 11.5. The van der Waals surface area contributed by atoms with Crippen molar-refractivity contribution in [2.75, 3.05) is 0 Å². The van der Waals surface area contributed by atoms with Crippen molar-refractivity contribution in [1.29, 1.82) is 0 Å². The summed E-state index contributed by atoms with van der Waals surface area (Å²) in [4.78, 5) is 11.3. The monoisotopic (exact) mass is 338 g/mol. The average molecular weight is 339 g/mol. The first-order valence-corrected chi connectivity index (χ1v) is 8.19. The lowest BCUT2D eigenvalue weighted by Gasteiger charge is -2.21. The van der Waals surface area contributed by atoms with Gasteiger partial charge >= 0.3 is 0 Å². The quantitative estimate of drug-likeness (QED) is 0.832. The van der Waals surface area contributed by atoms with E-state index in [0.29, 0.717) is 6.42 Å². The molecule has 2 atom stereocenters. The van der Waals surface area contributed by atoms with Crippen molar-refractivity contribution in [3.63, 3.8) is 0 Å². The smallest absolute Gasteiger partial charge is 0.241 e. The molecule has 5 nitrogen and oxygen atoms in total. The van der Waals surface area contributed by atoms with Crippen LogP contribution in [0.4, 0.5) is 0 Å². The highest BCUT2D eigenvalue weighted by molar-refractivity contribution is 7.89. The first kappa shape index (κ1) is 17.2. The molecular formula is C12H16Cl2N2O3S. The lowest BCUT2D eigenvalue weighted by Crippen LogP contribution is -2.48. The number of sulfonamides is 1. The van der Waals surface area contributed by atoms with Crippen LogP contribution < -0.4 is 10.5 Å². The maximum Gasteiger partial charge on any atom is 0.241 e. The molecule has 1 aromatic rings. The normalized spacial score (nSPS) is 14.8. The molecule has 1 rings (SSSR count). The van der Waals surface area contributed by atoms with Crippen LogP contribution in [-0.4, -0.2) is 20.4 Å². The molecule has 1 aromatic carbocycles. The average Bonchev–Trinajstić information content (AvgIpc) is 2.38. The van der Waals surface area contributed by atoms with Crippen LogP contribution in [0.1, 0.15) is 20.3 Å². The zero-order valence-electron chi connectivity index (χ0n) is 11.1. The summed E-state index contributed by atoms with van der Waals surface area (Å²) < 4.78 is 26.7. The zero-order valence-corrected chi connectivity index (χ0v) is 13.4. The molecule has 0 aliphatic heterocycles. The minimum Gasteiger partial charge on any atom is -0.368 e. The van der Waals surface area contributed by atoms with Crippen LogP contribution in [0.2, 0.25) is 10.0 Å². The molecule has 0 unspecified atom stereocenters. The summed E-state index contributed by atoms with van der Waals surface area (Å²) in [5, 5.41) is 0.368. The minimum absolute atomic E-state index is 0.0681. The van der Waals surface area contributed by atoms with Crippen molar-refractivity contribution in [3.05, 3.63) is 28.2 Å². The summed E-state index contributed by atoms with van der Waals surface area (Å²) in [5.41, 5.74) is 5.24. The Morgan fingerprint density at radius 1 is 1.35 bits per heavy atom. The summed E-state index contributed by atoms with van der Waals surface area (Å²) in [6.45, 7) is 3.58. The van der Waals surface area contributed by atoms with Gasteiger partial charge < -0.3 is 5.73 Å². The predicted octanol–water partition coefficient (Wildman–Crippen LogP) is 2.17. The van der Waals surface area contributed by atoms with Crippen molar-refractivity contribution in [2.24, 2.45) is 11.7 Å². The maximum atomic E-state index is 12.2. The van der Waals surface area contributed by atoms with Gasteiger partial charge in [-0.15, -0.1) is 0 Å². The fourth-order valence-electron chi connectivity index (χ4n) is 1.57. The molecule has 0 aromatic heterocycles. The standard InChI is InChI=1S/C12H16Cl2N2O3S/c1-3-7(2)11(12(15)17)16-20(18,19)8-4-5-9(13)10(14)6-8/h4-7,11,16H,3H2,1-2H3,(H2,15,17)/t7-,11-/m0/s1. The van der Waals surface area contributed by atoms with E-state index in [2.05, 4.69) is 4.72 Å². The van der Waals surface area contributed by atoms with Crippen LogP contribution in [0.15, 0.2) is 23.1 Å². The molecule has 0 heterocycles. The molecule has 0 saturated heterocycles. The molecule has 0 fully saturated rings. The van der Waals surface area contributed by atoms with Crippen LogP contribution in [0, 0.1) is 5.92 Å². The lowest BCUT2D eigenvalue weighted by molar-refractivity contribution is -0.120. The number of hydrogen-bond acceptors (Lipinski definition) is 3. The van der Waals surface area contributed by atoms with Gasteiger partial charge in [-0.05, 0) is 24.1 Å². The number of nitrogens with two attached hydrogens (primary N) is 1. The van der Waals surface area contributed by atoms with Crippen molar-refractivity contribution in [1.82, 2.24) is 4.72 Å². The van der Waals surface area contributed by atoms with Crippen molar-refractivity contribution in [2.45, 2.75) is 31.2 Å². The minimum atomic E-state index is -3.89. The Labute approximate surface area is 128 Å². The van der Waals surface area contributed by atoms with Crippen LogP contribution in [0.3, 0.4) is 0 Å². The molecule has 0 aliphatic carbocycles. The van der Waals surface area contributed by atoms with Gasteiger partial charge in [-0.1, -0.05) is 43.5 Å². The number of nitrogens with one attached hydrogen (secondary N) is 1. The van der Waals surface area contributed by atoms with Crippen LogP contribution in [0.5, 0.6) is 0 Å². The van der Waals surface area contributed by atoms with Gasteiger partial charge in [0.05, 0.1) is 14.9 Å². The van der Waals surface area contributed by atoms with E-state index in [0.717, 1.165) is 0 Å². The SMILES string of the molecule is CC[C@H](C)[C@H](NS(=O)(=O)c1ccc(Cl)c(Cl)c1)C(N)=O. The molecule has 0 spiro atoms. The number of benzene rings is 1. The summed E-state index contributed by atoms with van der Waals surface area (Å²) in [6.07, 6.45) is 0.609. The van der Waals surface area contributed by atoms with Crippen molar-refractivity contribution in [3.8, 4) is 0 Å². The Bertz CT molecular complexity index is 605. The second kappa shape index (κ2) is 6.76. The second-order valence-electron chi connectivity index (χ2n) is 4.46. The first-order chi connectivity index (χ1) is 9.19. The Balaban J connectivity index is 3.09. The highest BCUT2D eigenvalue weighted by atomic mass is 35.5. The second-order valence-corrected chi connectivity index (χ2v) is 6.99. The van der Waals surface area contributed by atoms with E-state index < -0.39 is 22.0 Å². The van der Waals surface area contributed by atoms with Gasteiger partial charge in [0.2, 0.25) is 15.9 Å². The summed E-state index contributed by atoms with van der Waals surface area (Å²) in [5.74, 6) is -0.937. The number of carbonyl (C=O) groups excluding carboxylic acids is 1. The summed E-state index contributed by atoms with van der Waals surface area (Å²) in [6, 6.07) is 2.94. The number of amides is 1. The largest absolute Gasteiger partial charge is 0.368 e. The third kappa shape index (κ3) is 4.09.